The first-order valence-corrected chi connectivity index (χ1v) is 4.81. The summed E-state index contributed by atoms with van der Waals surface area (Å²) in [5, 5.41) is 0. The van der Waals surface area contributed by atoms with E-state index in [2.05, 4.69) is 0 Å². The third-order valence-electron chi connectivity index (χ3n) is 1.64. The predicted octanol–water partition coefficient (Wildman–Crippen LogP) is 3.32. The van der Waals surface area contributed by atoms with Gasteiger partial charge in [-0.3, -0.25) is 0 Å². The number of nitrogens with two attached hydrogens (primary N) is 1. The van der Waals surface area contributed by atoms with Crippen LogP contribution in [0, 0.1) is 0 Å². The lowest BCUT2D eigenvalue weighted by Crippen LogP contribution is -2.04. The van der Waals surface area contributed by atoms with Crippen molar-refractivity contribution in [3.05, 3.63) is 29.8 Å². The van der Waals surface area contributed by atoms with Crippen molar-refractivity contribution >= 4 is 11.8 Å². The molecule has 0 aliphatic rings. The zero-order valence-corrected chi connectivity index (χ0v) is 8.32. The third-order valence-corrected chi connectivity index (χ3v) is 2.38. The number of hydrogen-bond donors (Lipinski definition) is 1. The van der Waals surface area contributed by atoms with Crippen LogP contribution in [0.5, 0.6) is 0 Å². The van der Waals surface area contributed by atoms with Gasteiger partial charge in [-0.05, 0) is 36.4 Å². The maximum absolute atomic E-state index is 11.9. The van der Waals surface area contributed by atoms with Gasteiger partial charge in [0.15, 0.2) is 0 Å². The van der Waals surface area contributed by atoms with E-state index < -0.39 is 5.51 Å². The van der Waals surface area contributed by atoms with E-state index in [4.69, 9.17) is 5.73 Å². The Labute approximate surface area is 84.5 Å². The molecular formula is C9H10F3NS. The van der Waals surface area contributed by atoms with Gasteiger partial charge in [0.25, 0.3) is 0 Å². The quantitative estimate of drug-likeness (QED) is 0.775. The van der Waals surface area contributed by atoms with Crippen molar-refractivity contribution in [3.63, 3.8) is 0 Å². The van der Waals surface area contributed by atoms with Crippen molar-refractivity contribution < 1.29 is 13.2 Å². The maximum Gasteiger partial charge on any atom is 0.446 e. The molecule has 1 rings (SSSR count). The van der Waals surface area contributed by atoms with Crippen LogP contribution in [-0.2, 0) is 0 Å². The standard InChI is InChI=1S/C9H10F3NS/c1-6(13)7-2-4-8(5-3-7)14-9(10,11)12/h2-6H,13H2,1H3. The molecule has 0 saturated heterocycles. The van der Waals surface area contributed by atoms with Crippen molar-refractivity contribution in [1.29, 1.82) is 0 Å². The number of halogens is 3. The lowest BCUT2D eigenvalue weighted by molar-refractivity contribution is -0.0328. The monoisotopic (exact) mass is 221 g/mol. The van der Waals surface area contributed by atoms with Gasteiger partial charge in [0.05, 0.1) is 0 Å². The normalized spacial score (nSPS) is 14.1. The van der Waals surface area contributed by atoms with Crippen LogP contribution in [0.3, 0.4) is 0 Å². The Morgan fingerprint density at radius 3 is 2.07 bits per heavy atom. The highest BCUT2D eigenvalue weighted by molar-refractivity contribution is 8.00. The highest BCUT2D eigenvalue weighted by Crippen LogP contribution is 2.36. The molecule has 14 heavy (non-hydrogen) atoms. The summed E-state index contributed by atoms with van der Waals surface area (Å²) < 4.78 is 35.8. The molecule has 1 atom stereocenters. The van der Waals surface area contributed by atoms with Crippen LogP contribution < -0.4 is 5.73 Å². The highest BCUT2D eigenvalue weighted by atomic mass is 32.2. The van der Waals surface area contributed by atoms with E-state index in [0.29, 0.717) is 0 Å². The van der Waals surface area contributed by atoms with E-state index in [9.17, 15) is 13.2 Å². The number of hydrogen-bond acceptors (Lipinski definition) is 2. The van der Waals surface area contributed by atoms with Crippen LogP contribution in [0.4, 0.5) is 13.2 Å². The van der Waals surface area contributed by atoms with Crippen molar-refractivity contribution in [2.75, 3.05) is 0 Å². The highest BCUT2D eigenvalue weighted by Gasteiger charge is 2.28. The summed E-state index contributed by atoms with van der Waals surface area (Å²) in [4.78, 5) is 0.182. The van der Waals surface area contributed by atoms with E-state index >= 15 is 0 Å². The molecule has 0 amide bonds. The van der Waals surface area contributed by atoms with Gasteiger partial charge in [0, 0.05) is 10.9 Å². The van der Waals surface area contributed by atoms with Gasteiger partial charge in [-0.25, -0.2) is 0 Å². The first-order valence-electron chi connectivity index (χ1n) is 4.00. The average molecular weight is 221 g/mol. The third kappa shape index (κ3) is 3.59. The second-order valence-corrected chi connectivity index (χ2v) is 4.04. The van der Waals surface area contributed by atoms with Gasteiger partial charge < -0.3 is 5.73 Å². The Morgan fingerprint density at radius 1 is 1.21 bits per heavy atom. The zero-order chi connectivity index (χ0) is 10.8. The van der Waals surface area contributed by atoms with Crippen molar-refractivity contribution in [2.45, 2.75) is 23.4 Å². The molecule has 0 aliphatic carbocycles. The molecule has 0 heterocycles. The Balaban J connectivity index is 2.74. The maximum atomic E-state index is 11.9. The van der Waals surface area contributed by atoms with Crippen molar-refractivity contribution in [2.24, 2.45) is 5.73 Å². The molecule has 0 aromatic heterocycles. The fourth-order valence-electron chi connectivity index (χ4n) is 0.973. The van der Waals surface area contributed by atoms with E-state index in [1.54, 1.807) is 19.1 Å². The minimum atomic E-state index is -4.23. The number of alkyl halides is 3. The number of benzene rings is 1. The Hall–Kier alpha value is -0.680. The van der Waals surface area contributed by atoms with Crippen molar-refractivity contribution in [1.82, 2.24) is 0 Å². The first kappa shape index (κ1) is 11.4. The lowest BCUT2D eigenvalue weighted by Gasteiger charge is -2.08. The SMILES string of the molecule is CC(N)c1ccc(SC(F)(F)F)cc1. The molecule has 1 nitrogen and oxygen atoms in total. The van der Waals surface area contributed by atoms with Crippen LogP contribution >= 0.6 is 11.8 Å². The van der Waals surface area contributed by atoms with Crippen LogP contribution in [-0.4, -0.2) is 5.51 Å². The molecule has 0 spiro atoms. The minimum absolute atomic E-state index is 0.120. The van der Waals surface area contributed by atoms with Crippen LogP contribution in [0.1, 0.15) is 18.5 Å². The van der Waals surface area contributed by atoms with Crippen molar-refractivity contribution in [3.8, 4) is 0 Å². The smallest absolute Gasteiger partial charge is 0.324 e. The largest absolute Gasteiger partial charge is 0.446 e. The first-order chi connectivity index (χ1) is 6.38. The van der Waals surface area contributed by atoms with E-state index in [1.165, 1.54) is 12.1 Å². The molecule has 0 bridgehead atoms. The molecule has 1 aromatic rings. The fourth-order valence-corrected chi connectivity index (χ4v) is 1.51. The van der Waals surface area contributed by atoms with Crippen LogP contribution in [0.25, 0.3) is 0 Å². The molecule has 1 unspecified atom stereocenters. The van der Waals surface area contributed by atoms with Crippen LogP contribution in [0.2, 0.25) is 0 Å². The topological polar surface area (TPSA) is 26.0 Å². The molecule has 2 N–H and O–H groups in total. The van der Waals surface area contributed by atoms with E-state index in [-0.39, 0.29) is 22.7 Å². The Morgan fingerprint density at radius 2 is 1.71 bits per heavy atom. The fraction of sp³-hybridized carbons (Fsp3) is 0.333. The molecule has 0 saturated carbocycles. The zero-order valence-electron chi connectivity index (χ0n) is 7.51. The van der Waals surface area contributed by atoms with Crippen LogP contribution in [0.15, 0.2) is 29.2 Å². The molecule has 5 heteroatoms. The van der Waals surface area contributed by atoms with E-state index in [1.807, 2.05) is 0 Å². The lowest BCUT2D eigenvalue weighted by atomic mass is 10.1. The molecular weight excluding hydrogens is 211 g/mol. The van der Waals surface area contributed by atoms with Gasteiger partial charge in [-0.15, -0.1) is 0 Å². The van der Waals surface area contributed by atoms with Gasteiger partial charge >= 0.3 is 5.51 Å². The molecule has 1 aromatic carbocycles. The summed E-state index contributed by atoms with van der Waals surface area (Å²) in [5.41, 5.74) is 2.17. The summed E-state index contributed by atoms with van der Waals surface area (Å²) in [6.45, 7) is 1.78. The summed E-state index contributed by atoms with van der Waals surface area (Å²) in [7, 11) is 0. The minimum Gasteiger partial charge on any atom is -0.324 e. The summed E-state index contributed by atoms with van der Waals surface area (Å²) in [6, 6.07) is 5.92. The molecule has 0 radical (unpaired) electrons. The number of thioether (sulfide) groups is 1. The predicted molar refractivity (Wildman–Crippen MR) is 51.0 cm³/mol. The molecule has 0 fully saturated rings. The number of rotatable bonds is 2. The molecule has 0 aliphatic heterocycles. The van der Waals surface area contributed by atoms with Gasteiger partial charge in [0.2, 0.25) is 0 Å². The Bertz CT molecular complexity index is 292. The second kappa shape index (κ2) is 4.23. The molecule has 78 valence electrons. The van der Waals surface area contributed by atoms with E-state index in [0.717, 1.165) is 5.56 Å². The summed E-state index contributed by atoms with van der Waals surface area (Å²) >= 11 is -0.120. The van der Waals surface area contributed by atoms with Gasteiger partial charge in [-0.1, -0.05) is 12.1 Å². The van der Waals surface area contributed by atoms with Gasteiger partial charge in [-0.2, -0.15) is 13.2 Å². The summed E-state index contributed by atoms with van der Waals surface area (Å²) in [5.74, 6) is 0. The second-order valence-electron chi connectivity index (χ2n) is 2.91. The average Bonchev–Trinajstić information content (AvgIpc) is 2.02. The summed E-state index contributed by atoms with van der Waals surface area (Å²) in [6.07, 6.45) is 0. The van der Waals surface area contributed by atoms with Gasteiger partial charge in [0.1, 0.15) is 0 Å². The Kier molecular flexibility index (Phi) is 3.44.